The van der Waals surface area contributed by atoms with Gasteiger partial charge >= 0.3 is 0 Å². The largest absolute Gasteiger partial charge is 0.430 e. The number of benzene rings is 1. The SMILES string of the molecule is CCc1nsc(Oc2ccc(NC(=O)C(C)C)cc2)n1. The second kappa shape index (κ2) is 6.47. The third-order valence-electron chi connectivity index (χ3n) is 2.62. The average Bonchev–Trinajstić information content (AvgIpc) is 2.88. The Bertz CT molecular complexity index is 578. The van der Waals surface area contributed by atoms with Gasteiger partial charge < -0.3 is 10.1 Å². The van der Waals surface area contributed by atoms with E-state index in [4.69, 9.17) is 4.74 Å². The van der Waals surface area contributed by atoms with Crippen LogP contribution in [0.25, 0.3) is 0 Å². The van der Waals surface area contributed by atoms with Crippen molar-refractivity contribution in [3.05, 3.63) is 30.1 Å². The maximum atomic E-state index is 11.6. The Morgan fingerprint density at radius 1 is 1.35 bits per heavy atom. The van der Waals surface area contributed by atoms with Crippen LogP contribution < -0.4 is 10.1 Å². The molecule has 106 valence electrons. The molecule has 0 unspecified atom stereocenters. The number of rotatable bonds is 5. The van der Waals surface area contributed by atoms with Crippen molar-refractivity contribution in [2.24, 2.45) is 5.92 Å². The lowest BCUT2D eigenvalue weighted by Gasteiger charge is -2.08. The quantitative estimate of drug-likeness (QED) is 0.916. The molecule has 0 atom stereocenters. The van der Waals surface area contributed by atoms with Gasteiger partial charge in [0.25, 0.3) is 5.19 Å². The number of amides is 1. The van der Waals surface area contributed by atoms with E-state index in [-0.39, 0.29) is 11.8 Å². The van der Waals surface area contributed by atoms with Gasteiger partial charge in [0.2, 0.25) is 5.91 Å². The smallest absolute Gasteiger partial charge is 0.298 e. The van der Waals surface area contributed by atoms with Crippen molar-refractivity contribution >= 4 is 23.1 Å². The van der Waals surface area contributed by atoms with Crippen molar-refractivity contribution in [3.8, 4) is 10.9 Å². The van der Waals surface area contributed by atoms with E-state index >= 15 is 0 Å². The molecule has 0 saturated carbocycles. The van der Waals surface area contributed by atoms with Gasteiger partial charge in [-0.25, -0.2) is 0 Å². The van der Waals surface area contributed by atoms with Gasteiger partial charge in [0.05, 0.1) is 0 Å². The molecule has 0 aliphatic rings. The van der Waals surface area contributed by atoms with Gasteiger partial charge in [-0.2, -0.15) is 9.36 Å². The molecule has 0 saturated heterocycles. The Balaban J connectivity index is 1.99. The van der Waals surface area contributed by atoms with Crippen molar-refractivity contribution < 1.29 is 9.53 Å². The molecule has 2 aromatic rings. The van der Waals surface area contributed by atoms with E-state index in [2.05, 4.69) is 14.7 Å². The minimum atomic E-state index is -0.0419. The fourth-order valence-electron chi connectivity index (χ4n) is 1.42. The predicted octanol–water partition coefficient (Wildman–Crippen LogP) is 3.49. The topological polar surface area (TPSA) is 64.1 Å². The van der Waals surface area contributed by atoms with Crippen molar-refractivity contribution in [1.29, 1.82) is 0 Å². The van der Waals surface area contributed by atoms with E-state index in [0.29, 0.717) is 10.9 Å². The Labute approximate surface area is 122 Å². The first-order valence-electron chi connectivity index (χ1n) is 6.50. The normalized spacial score (nSPS) is 10.6. The van der Waals surface area contributed by atoms with Crippen LogP contribution in [0.15, 0.2) is 24.3 Å². The van der Waals surface area contributed by atoms with Crippen LogP contribution in [0.4, 0.5) is 5.69 Å². The molecular formula is C14H17N3O2S. The molecule has 0 bridgehead atoms. The minimum absolute atomic E-state index is 0.00428. The first-order valence-corrected chi connectivity index (χ1v) is 7.27. The van der Waals surface area contributed by atoms with Gasteiger partial charge in [-0.3, -0.25) is 4.79 Å². The molecule has 5 nitrogen and oxygen atoms in total. The summed E-state index contributed by atoms with van der Waals surface area (Å²) in [6.45, 7) is 5.71. The van der Waals surface area contributed by atoms with Crippen molar-refractivity contribution in [3.63, 3.8) is 0 Å². The Morgan fingerprint density at radius 3 is 2.60 bits per heavy atom. The Hall–Kier alpha value is -1.95. The number of hydrogen-bond donors (Lipinski definition) is 1. The van der Waals surface area contributed by atoms with E-state index in [9.17, 15) is 4.79 Å². The third-order valence-corrected chi connectivity index (χ3v) is 3.25. The van der Waals surface area contributed by atoms with Gasteiger partial charge in [-0.15, -0.1) is 0 Å². The van der Waals surface area contributed by atoms with Crippen LogP contribution in [0.5, 0.6) is 10.9 Å². The summed E-state index contributed by atoms with van der Waals surface area (Å²) in [5, 5.41) is 3.35. The average molecular weight is 291 g/mol. The summed E-state index contributed by atoms with van der Waals surface area (Å²) in [5.41, 5.74) is 0.752. The van der Waals surface area contributed by atoms with Gasteiger partial charge in [0.15, 0.2) is 0 Å². The molecule has 1 aromatic heterocycles. The fourth-order valence-corrected chi connectivity index (χ4v) is 2.05. The van der Waals surface area contributed by atoms with Gasteiger partial charge in [0.1, 0.15) is 11.6 Å². The molecule has 0 fully saturated rings. The lowest BCUT2D eigenvalue weighted by atomic mass is 10.2. The van der Waals surface area contributed by atoms with Crippen LogP contribution in [0.3, 0.4) is 0 Å². The number of aryl methyl sites for hydroxylation is 1. The number of carbonyl (C=O) groups is 1. The maximum absolute atomic E-state index is 11.6. The zero-order chi connectivity index (χ0) is 14.5. The third kappa shape index (κ3) is 3.77. The van der Waals surface area contributed by atoms with E-state index in [1.165, 1.54) is 11.5 Å². The summed E-state index contributed by atoms with van der Waals surface area (Å²) >= 11 is 1.23. The lowest BCUT2D eigenvalue weighted by Crippen LogP contribution is -2.17. The van der Waals surface area contributed by atoms with Crippen LogP contribution in [0.2, 0.25) is 0 Å². The molecule has 6 heteroatoms. The highest BCUT2D eigenvalue weighted by Gasteiger charge is 2.08. The number of ether oxygens (including phenoxy) is 1. The number of aromatic nitrogens is 2. The first kappa shape index (κ1) is 14.5. The van der Waals surface area contributed by atoms with Crippen LogP contribution in [0, 0.1) is 5.92 Å². The number of anilines is 1. The number of nitrogens with zero attached hydrogens (tertiary/aromatic N) is 2. The molecule has 20 heavy (non-hydrogen) atoms. The van der Waals surface area contributed by atoms with Gasteiger partial charge in [0, 0.05) is 29.6 Å². The minimum Gasteiger partial charge on any atom is -0.430 e. The van der Waals surface area contributed by atoms with Crippen LogP contribution in [-0.4, -0.2) is 15.3 Å². The molecule has 0 aliphatic heterocycles. The van der Waals surface area contributed by atoms with Crippen LogP contribution >= 0.6 is 11.5 Å². The van der Waals surface area contributed by atoms with E-state index in [1.807, 2.05) is 20.8 Å². The fraction of sp³-hybridized carbons (Fsp3) is 0.357. The summed E-state index contributed by atoms with van der Waals surface area (Å²) in [6.07, 6.45) is 0.792. The summed E-state index contributed by atoms with van der Waals surface area (Å²) < 4.78 is 9.76. The second-order valence-corrected chi connectivity index (χ2v) is 5.31. The predicted molar refractivity (Wildman–Crippen MR) is 79.3 cm³/mol. The molecule has 2 rings (SSSR count). The van der Waals surface area contributed by atoms with Crippen molar-refractivity contribution in [2.45, 2.75) is 27.2 Å². The summed E-state index contributed by atoms with van der Waals surface area (Å²) in [7, 11) is 0. The van der Waals surface area contributed by atoms with Gasteiger partial charge in [-0.1, -0.05) is 20.8 Å². The van der Waals surface area contributed by atoms with Crippen molar-refractivity contribution in [1.82, 2.24) is 9.36 Å². The van der Waals surface area contributed by atoms with Crippen molar-refractivity contribution in [2.75, 3.05) is 5.32 Å². The zero-order valence-corrected chi connectivity index (χ0v) is 12.5. The van der Waals surface area contributed by atoms with E-state index in [0.717, 1.165) is 17.9 Å². The summed E-state index contributed by atoms with van der Waals surface area (Å²) in [4.78, 5) is 15.8. The standard InChI is InChI=1S/C14H17N3O2S/c1-4-12-16-14(20-17-12)19-11-7-5-10(6-8-11)15-13(18)9(2)3/h5-9H,4H2,1-3H3,(H,15,18). The highest BCUT2D eigenvalue weighted by atomic mass is 32.1. The molecule has 0 spiro atoms. The Morgan fingerprint density at radius 2 is 2.05 bits per heavy atom. The highest BCUT2D eigenvalue weighted by Crippen LogP contribution is 2.24. The number of nitrogens with one attached hydrogen (secondary N) is 1. The monoisotopic (exact) mass is 291 g/mol. The molecule has 0 aliphatic carbocycles. The Kier molecular flexibility index (Phi) is 4.68. The van der Waals surface area contributed by atoms with Gasteiger partial charge in [-0.05, 0) is 24.3 Å². The maximum Gasteiger partial charge on any atom is 0.298 e. The summed E-state index contributed by atoms with van der Waals surface area (Å²) in [5.74, 6) is 1.41. The lowest BCUT2D eigenvalue weighted by molar-refractivity contribution is -0.118. The second-order valence-electron chi connectivity index (χ2n) is 4.60. The molecule has 1 heterocycles. The number of hydrogen-bond acceptors (Lipinski definition) is 5. The van der Waals surface area contributed by atoms with Crippen LogP contribution in [0.1, 0.15) is 26.6 Å². The van der Waals surface area contributed by atoms with E-state index < -0.39 is 0 Å². The molecule has 1 aromatic carbocycles. The van der Waals surface area contributed by atoms with Crippen LogP contribution in [-0.2, 0) is 11.2 Å². The summed E-state index contributed by atoms with van der Waals surface area (Å²) in [6, 6.07) is 7.20. The highest BCUT2D eigenvalue weighted by molar-refractivity contribution is 7.07. The first-order chi connectivity index (χ1) is 9.58. The molecule has 0 radical (unpaired) electrons. The number of carbonyl (C=O) groups excluding carboxylic acids is 1. The molecule has 1 N–H and O–H groups in total. The zero-order valence-electron chi connectivity index (χ0n) is 11.7. The molecule has 1 amide bonds. The van der Waals surface area contributed by atoms with E-state index in [1.54, 1.807) is 24.3 Å². The molecular weight excluding hydrogens is 274 g/mol.